The average Bonchev–Trinajstić information content (AvgIpc) is 2.37. The van der Waals surface area contributed by atoms with E-state index >= 15 is 0 Å². The topological polar surface area (TPSA) is 55.1 Å². The summed E-state index contributed by atoms with van der Waals surface area (Å²) in [6.07, 6.45) is 0.733. The second kappa shape index (κ2) is 6.71. The van der Waals surface area contributed by atoms with Gasteiger partial charge in [0.05, 0.1) is 0 Å². The van der Waals surface area contributed by atoms with E-state index in [-0.39, 0.29) is 11.3 Å². The van der Waals surface area contributed by atoms with E-state index in [0.717, 1.165) is 17.5 Å². The Bertz CT molecular complexity index is 425. The summed E-state index contributed by atoms with van der Waals surface area (Å²) in [6.45, 7) is 9.93. The van der Waals surface area contributed by atoms with Gasteiger partial charge in [0.25, 0.3) is 5.91 Å². The monoisotopic (exact) mass is 262 g/mol. The highest BCUT2D eigenvalue weighted by molar-refractivity contribution is 5.95. The molecular weight excluding hydrogens is 236 g/mol. The van der Waals surface area contributed by atoms with Gasteiger partial charge in [-0.3, -0.25) is 4.79 Å². The minimum absolute atomic E-state index is 0.00206. The zero-order chi connectivity index (χ0) is 14.5. The van der Waals surface area contributed by atoms with Crippen molar-refractivity contribution in [1.29, 1.82) is 0 Å². The second-order valence-electron chi connectivity index (χ2n) is 6.02. The largest absolute Gasteiger partial charge is 0.351 e. The number of carbonyl (C=O) groups excluding carboxylic acids is 1. The Morgan fingerprint density at radius 2 is 1.95 bits per heavy atom. The van der Waals surface area contributed by atoms with E-state index in [1.165, 1.54) is 0 Å². The number of nitrogens with two attached hydrogens (primary N) is 1. The highest BCUT2D eigenvalue weighted by atomic mass is 16.1. The van der Waals surface area contributed by atoms with E-state index < -0.39 is 0 Å². The molecule has 1 rings (SSSR count). The molecule has 1 amide bonds. The van der Waals surface area contributed by atoms with Crippen LogP contribution in [0.15, 0.2) is 24.3 Å². The van der Waals surface area contributed by atoms with Crippen LogP contribution < -0.4 is 11.1 Å². The first-order valence-corrected chi connectivity index (χ1v) is 6.94. The van der Waals surface area contributed by atoms with Gasteiger partial charge in [0.2, 0.25) is 0 Å². The van der Waals surface area contributed by atoms with Crippen molar-refractivity contribution in [3.63, 3.8) is 0 Å². The molecule has 0 unspecified atom stereocenters. The fourth-order valence-electron chi connectivity index (χ4n) is 1.72. The molecular formula is C16H26N2O. The molecule has 3 N–H and O–H groups in total. The summed E-state index contributed by atoms with van der Waals surface area (Å²) >= 11 is 0. The standard InChI is InChI=1S/C16H26N2O/c1-12(2)16(3,4)11-18-15(19)14-8-6-5-7-13(14)9-10-17/h5-8,12H,9-11,17H2,1-4H3,(H,18,19). The molecule has 0 aliphatic rings. The van der Waals surface area contributed by atoms with Crippen molar-refractivity contribution in [2.75, 3.05) is 13.1 Å². The lowest BCUT2D eigenvalue weighted by Crippen LogP contribution is -2.37. The molecule has 0 radical (unpaired) electrons. The van der Waals surface area contributed by atoms with Crippen LogP contribution in [0.1, 0.15) is 43.6 Å². The Morgan fingerprint density at radius 3 is 2.53 bits per heavy atom. The summed E-state index contributed by atoms with van der Waals surface area (Å²) in [5.41, 5.74) is 7.44. The summed E-state index contributed by atoms with van der Waals surface area (Å²) in [5, 5.41) is 3.04. The Balaban J connectivity index is 2.74. The first-order valence-electron chi connectivity index (χ1n) is 6.94. The van der Waals surface area contributed by atoms with Crippen molar-refractivity contribution < 1.29 is 4.79 Å². The van der Waals surface area contributed by atoms with Crippen LogP contribution in [-0.4, -0.2) is 19.0 Å². The molecule has 1 aromatic carbocycles. The van der Waals surface area contributed by atoms with Crippen LogP contribution in [0.4, 0.5) is 0 Å². The van der Waals surface area contributed by atoms with Crippen LogP contribution in [0.3, 0.4) is 0 Å². The molecule has 0 atom stereocenters. The SMILES string of the molecule is CC(C)C(C)(C)CNC(=O)c1ccccc1CCN. The molecule has 0 saturated heterocycles. The smallest absolute Gasteiger partial charge is 0.251 e. The Hall–Kier alpha value is -1.35. The number of hydrogen-bond acceptors (Lipinski definition) is 2. The van der Waals surface area contributed by atoms with E-state index in [1.54, 1.807) is 0 Å². The Kier molecular flexibility index (Phi) is 5.55. The average molecular weight is 262 g/mol. The van der Waals surface area contributed by atoms with E-state index in [0.29, 0.717) is 19.0 Å². The molecule has 3 heteroatoms. The van der Waals surface area contributed by atoms with E-state index in [9.17, 15) is 4.79 Å². The van der Waals surface area contributed by atoms with Crippen molar-refractivity contribution >= 4 is 5.91 Å². The van der Waals surface area contributed by atoms with Crippen molar-refractivity contribution in [3.8, 4) is 0 Å². The minimum atomic E-state index is -0.00206. The molecule has 0 spiro atoms. The molecule has 0 bridgehead atoms. The lowest BCUT2D eigenvalue weighted by molar-refractivity contribution is 0.0924. The number of hydrogen-bond donors (Lipinski definition) is 2. The normalized spacial score (nSPS) is 11.7. The van der Waals surface area contributed by atoms with Gasteiger partial charge >= 0.3 is 0 Å². The number of benzene rings is 1. The highest BCUT2D eigenvalue weighted by Gasteiger charge is 2.23. The van der Waals surface area contributed by atoms with Crippen molar-refractivity contribution in [2.45, 2.75) is 34.1 Å². The third kappa shape index (κ3) is 4.35. The van der Waals surface area contributed by atoms with Crippen LogP contribution in [0, 0.1) is 11.3 Å². The van der Waals surface area contributed by atoms with E-state index in [1.807, 2.05) is 24.3 Å². The molecule has 0 aromatic heterocycles. The quantitative estimate of drug-likeness (QED) is 0.828. The van der Waals surface area contributed by atoms with Crippen LogP contribution in [-0.2, 0) is 6.42 Å². The van der Waals surface area contributed by atoms with Crippen LogP contribution >= 0.6 is 0 Å². The summed E-state index contributed by atoms with van der Waals surface area (Å²) in [7, 11) is 0. The number of carbonyl (C=O) groups is 1. The number of rotatable bonds is 6. The lowest BCUT2D eigenvalue weighted by atomic mass is 9.81. The maximum absolute atomic E-state index is 12.3. The summed E-state index contributed by atoms with van der Waals surface area (Å²) in [6, 6.07) is 7.67. The van der Waals surface area contributed by atoms with Crippen molar-refractivity contribution in [2.24, 2.45) is 17.1 Å². The maximum atomic E-state index is 12.3. The van der Waals surface area contributed by atoms with Crippen LogP contribution in [0.25, 0.3) is 0 Å². The summed E-state index contributed by atoms with van der Waals surface area (Å²) in [5.74, 6) is 0.518. The van der Waals surface area contributed by atoms with Crippen LogP contribution in [0.5, 0.6) is 0 Å². The van der Waals surface area contributed by atoms with Gasteiger partial charge in [-0.2, -0.15) is 0 Å². The minimum Gasteiger partial charge on any atom is -0.351 e. The van der Waals surface area contributed by atoms with Gasteiger partial charge in [0, 0.05) is 12.1 Å². The van der Waals surface area contributed by atoms with Gasteiger partial charge in [0.1, 0.15) is 0 Å². The summed E-state index contributed by atoms with van der Waals surface area (Å²) in [4.78, 5) is 12.3. The van der Waals surface area contributed by atoms with Gasteiger partial charge in [-0.1, -0.05) is 45.9 Å². The molecule has 106 valence electrons. The molecule has 0 aliphatic carbocycles. The third-order valence-corrected chi connectivity index (χ3v) is 3.94. The van der Waals surface area contributed by atoms with Gasteiger partial charge in [0.15, 0.2) is 0 Å². The molecule has 0 aliphatic heterocycles. The zero-order valence-electron chi connectivity index (χ0n) is 12.5. The fourth-order valence-corrected chi connectivity index (χ4v) is 1.72. The summed E-state index contributed by atoms with van der Waals surface area (Å²) < 4.78 is 0. The van der Waals surface area contributed by atoms with E-state index in [4.69, 9.17) is 5.73 Å². The Labute approximate surface area is 116 Å². The zero-order valence-corrected chi connectivity index (χ0v) is 12.5. The predicted octanol–water partition coefficient (Wildman–Crippen LogP) is 2.60. The maximum Gasteiger partial charge on any atom is 0.251 e. The van der Waals surface area contributed by atoms with E-state index in [2.05, 4.69) is 33.0 Å². The fraction of sp³-hybridized carbons (Fsp3) is 0.562. The molecule has 19 heavy (non-hydrogen) atoms. The number of amides is 1. The second-order valence-corrected chi connectivity index (χ2v) is 6.02. The first-order chi connectivity index (χ1) is 8.88. The molecule has 1 aromatic rings. The molecule has 0 heterocycles. The van der Waals surface area contributed by atoms with Crippen molar-refractivity contribution in [1.82, 2.24) is 5.32 Å². The molecule has 0 saturated carbocycles. The molecule has 3 nitrogen and oxygen atoms in total. The van der Waals surface area contributed by atoms with Crippen molar-refractivity contribution in [3.05, 3.63) is 35.4 Å². The van der Waals surface area contributed by atoms with Gasteiger partial charge in [-0.25, -0.2) is 0 Å². The Morgan fingerprint density at radius 1 is 1.32 bits per heavy atom. The highest BCUT2D eigenvalue weighted by Crippen LogP contribution is 2.24. The van der Waals surface area contributed by atoms with Gasteiger partial charge < -0.3 is 11.1 Å². The third-order valence-electron chi connectivity index (χ3n) is 3.94. The number of nitrogens with one attached hydrogen (secondary N) is 1. The van der Waals surface area contributed by atoms with Gasteiger partial charge in [-0.05, 0) is 35.9 Å². The van der Waals surface area contributed by atoms with Crippen LogP contribution in [0.2, 0.25) is 0 Å². The van der Waals surface area contributed by atoms with Gasteiger partial charge in [-0.15, -0.1) is 0 Å². The predicted molar refractivity (Wildman–Crippen MR) is 80.2 cm³/mol. The molecule has 0 fully saturated rings. The first kappa shape index (κ1) is 15.7. The lowest BCUT2D eigenvalue weighted by Gasteiger charge is -2.29.